The van der Waals surface area contributed by atoms with Crippen LogP contribution in [0, 0.1) is 0 Å². The maximum Gasteiger partial charge on any atom is 0.255 e. The second-order valence-corrected chi connectivity index (χ2v) is 7.96. The number of ether oxygens (including phenoxy) is 2. The average Bonchev–Trinajstić information content (AvgIpc) is 2.68. The first-order chi connectivity index (χ1) is 12.9. The summed E-state index contributed by atoms with van der Waals surface area (Å²) in [4.78, 5) is 18.7. The molecule has 1 aliphatic heterocycles. The largest absolute Gasteiger partial charge is 0.484 e. The maximum absolute atomic E-state index is 12.9. The Morgan fingerprint density at radius 1 is 1.26 bits per heavy atom. The number of piperidine rings is 1. The lowest BCUT2D eigenvalue weighted by Gasteiger charge is -2.31. The molecule has 1 amide bonds. The minimum absolute atomic E-state index is 0.150. The number of carbonyl (C=O) groups is 1. The Kier molecular flexibility index (Phi) is 5.87. The highest BCUT2D eigenvalue weighted by atomic mass is 32.2. The smallest absolute Gasteiger partial charge is 0.255 e. The van der Waals surface area contributed by atoms with E-state index in [1.165, 1.54) is 34.9 Å². The van der Waals surface area contributed by atoms with E-state index in [1.54, 1.807) is 12.3 Å². The molecule has 27 heavy (non-hydrogen) atoms. The number of hydrogen-bond acceptors (Lipinski definition) is 7. The van der Waals surface area contributed by atoms with Gasteiger partial charge in [0, 0.05) is 18.8 Å². The molecule has 1 atom stereocenters. The number of benzene rings is 1. The highest BCUT2D eigenvalue weighted by Crippen LogP contribution is 2.24. The van der Waals surface area contributed by atoms with Crippen molar-refractivity contribution in [1.82, 2.24) is 14.3 Å². The van der Waals surface area contributed by atoms with Crippen molar-refractivity contribution in [3.8, 4) is 11.6 Å². The third kappa shape index (κ3) is 4.92. The van der Waals surface area contributed by atoms with Crippen LogP contribution in [0.1, 0.15) is 12.8 Å². The molecule has 1 aromatic carbocycles. The summed E-state index contributed by atoms with van der Waals surface area (Å²) >= 11 is 0. The number of amides is 1. The first-order valence-electron chi connectivity index (χ1n) is 8.39. The summed E-state index contributed by atoms with van der Waals surface area (Å²) in [6, 6.07) is 7.52. The topological polar surface area (TPSA) is 125 Å². The molecule has 0 aliphatic carbocycles. The Hall–Kier alpha value is -2.72. The van der Waals surface area contributed by atoms with Gasteiger partial charge in [-0.1, -0.05) is 0 Å². The van der Waals surface area contributed by atoms with Gasteiger partial charge >= 0.3 is 0 Å². The van der Waals surface area contributed by atoms with Crippen molar-refractivity contribution >= 4 is 15.9 Å². The molecule has 1 unspecified atom stereocenters. The molecule has 10 heteroatoms. The van der Waals surface area contributed by atoms with E-state index in [9.17, 15) is 13.2 Å². The van der Waals surface area contributed by atoms with Crippen LogP contribution < -0.4 is 15.2 Å². The molecular formula is C17H20N4O5S. The van der Waals surface area contributed by atoms with Crippen LogP contribution >= 0.6 is 0 Å². The van der Waals surface area contributed by atoms with Crippen molar-refractivity contribution in [3.05, 3.63) is 42.9 Å². The molecule has 2 N–H and O–H groups in total. The third-order valence-corrected chi connectivity index (χ3v) is 5.91. The minimum Gasteiger partial charge on any atom is -0.484 e. The van der Waals surface area contributed by atoms with Gasteiger partial charge in [0.25, 0.3) is 5.91 Å². The van der Waals surface area contributed by atoms with Crippen molar-refractivity contribution in [2.24, 2.45) is 5.73 Å². The summed E-state index contributed by atoms with van der Waals surface area (Å²) in [7, 11) is -3.66. The van der Waals surface area contributed by atoms with E-state index in [0.29, 0.717) is 24.6 Å². The Morgan fingerprint density at radius 2 is 2.04 bits per heavy atom. The molecule has 1 fully saturated rings. The molecule has 0 bridgehead atoms. The summed E-state index contributed by atoms with van der Waals surface area (Å²) in [5, 5.41) is 0. The number of sulfonamides is 1. The molecule has 3 rings (SSSR count). The summed E-state index contributed by atoms with van der Waals surface area (Å²) < 4.78 is 38.1. The molecule has 1 aromatic heterocycles. The zero-order chi connectivity index (χ0) is 19.3. The minimum atomic E-state index is -3.66. The number of nitrogens with two attached hydrogens (primary N) is 1. The summed E-state index contributed by atoms with van der Waals surface area (Å²) in [5.41, 5.74) is 5.02. The van der Waals surface area contributed by atoms with Crippen LogP contribution in [0.25, 0.3) is 0 Å². The van der Waals surface area contributed by atoms with E-state index in [1.807, 2.05) is 0 Å². The molecule has 144 valence electrons. The van der Waals surface area contributed by atoms with Gasteiger partial charge in [-0.25, -0.2) is 18.4 Å². The van der Waals surface area contributed by atoms with E-state index < -0.39 is 15.9 Å². The monoisotopic (exact) mass is 392 g/mol. The van der Waals surface area contributed by atoms with Gasteiger partial charge in [0.2, 0.25) is 15.9 Å². The quantitative estimate of drug-likeness (QED) is 0.730. The Labute approximate surface area is 157 Å². The van der Waals surface area contributed by atoms with Gasteiger partial charge < -0.3 is 15.2 Å². The van der Waals surface area contributed by atoms with Crippen LogP contribution in [-0.2, 0) is 14.8 Å². The SMILES string of the molecule is NC(=O)COc1ccc(S(=O)(=O)N2CCCC(Oc3ccncn3)C2)cc1. The van der Waals surface area contributed by atoms with Crippen molar-refractivity contribution < 1.29 is 22.7 Å². The fourth-order valence-corrected chi connectivity index (χ4v) is 4.26. The van der Waals surface area contributed by atoms with E-state index in [2.05, 4.69) is 9.97 Å². The summed E-state index contributed by atoms with van der Waals surface area (Å²) in [5.74, 6) is 0.191. The van der Waals surface area contributed by atoms with Gasteiger partial charge in [0.1, 0.15) is 18.2 Å². The van der Waals surface area contributed by atoms with Gasteiger partial charge in [-0.2, -0.15) is 4.31 Å². The van der Waals surface area contributed by atoms with Crippen molar-refractivity contribution in [2.45, 2.75) is 23.8 Å². The molecule has 1 aliphatic rings. The lowest BCUT2D eigenvalue weighted by molar-refractivity contribution is -0.119. The highest BCUT2D eigenvalue weighted by molar-refractivity contribution is 7.89. The van der Waals surface area contributed by atoms with Crippen molar-refractivity contribution in [3.63, 3.8) is 0 Å². The number of primary amides is 1. The van der Waals surface area contributed by atoms with Gasteiger partial charge in [-0.3, -0.25) is 4.79 Å². The van der Waals surface area contributed by atoms with Gasteiger partial charge in [0.05, 0.1) is 11.4 Å². The van der Waals surface area contributed by atoms with E-state index in [-0.39, 0.29) is 24.2 Å². The molecule has 0 radical (unpaired) electrons. The van der Waals surface area contributed by atoms with Gasteiger partial charge in [0.15, 0.2) is 6.61 Å². The predicted molar refractivity (Wildman–Crippen MR) is 95.6 cm³/mol. The average molecular weight is 392 g/mol. The summed E-state index contributed by atoms with van der Waals surface area (Å²) in [6.07, 6.45) is 4.11. The Morgan fingerprint density at radius 3 is 2.70 bits per heavy atom. The first kappa shape index (κ1) is 19.1. The van der Waals surface area contributed by atoms with Crippen molar-refractivity contribution in [2.75, 3.05) is 19.7 Å². The molecule has 9 nitrogen and oxygen atoms in total. The second kappa shape index (κ2) is 8.31. The maximum atomic E-state index is 12.9. The standard InChI is InChI=1S/C17H20N4O5S/c18-16(22)11-25-13-3-5-15(6-4-13)27(23,24)21-9-1-2-14(10-21)26-17-7-8-19-12-20-17/h3-8,12,14H,1-2,9-11H2,(H2,18,22). The number of hydrogen-bond donors (Lipinski definition) is 1. The first-order valence-corrected chi connectivity index (χ1v) is 9.83. The number of aromatic nitrogens is 2. The van der Waals surface area contributed by atoms with E-state index in [0.717, 1.165) is 6.42 Å². The molecule has 2 aromatic rings. The normalized spacial score (nSPS) is 18.0. The fraction of sp³-hybridized carbons (Fsp3) is 0.353. The zero-order valence-electron chi connectivity index (χ0n) is 14.5. The van der Waals surface area contributed by atoms with E-state index in [4.69, 9.17) is 15.2 Å². The van der Waals surface area contributed by atoms with Crippen LogP contribution in [0.5, 0.6) is 11.6 Å². The molecule has 2 heterocycles. The third-order valence-electron chi connectivity index (χ3n) is 4.03. The van der Waals surface area contributed by atoms with Crippen LogP contribution in [0.2, 0.25) is 0 Å². The molecular weight excluding hydrogens is 372 g/mol. The van der Waals surface area contributed by atoms with Crippen molar-refractivity contribution in [1.29, 1.82) is 0 Å². The predicted octanol–water partition coefficient (Wildman–Crippen LogP) is 0.573. The lowest BCUT2D eigenvalue weighted by Crippen LogP contribution is -2.44. The zero-order valence-corrected chi connectivity index (χ0v) is 15.3. The van der Waals surface area contributed by atoms with E-state index >= 15 is 0 Å². The number of nitrogens with zero attached hydrogens (tertiary/aromatic N) is 3. The second-order valence-electron chi connectivity index (χ2n) is 6.02. The molecule has 0 spiro atoms. The van der Waals surface area contributed by atoms with Gasteiger partial charge in [-0.05, 0) is 37.1 Å². The van der Waals surface area contributed by atoms with Crippen LogP contribution in [0.15, 0.2) is 47.8 Å². The number of rotatable bonds is 7. The van der Waals surface area contributed by atoms with Crippen LogP contribution in [-0.4, -0.2) is 54.4 Å². The van der Waals surface area contributed by atoms with Crippen LogP contribution in [0.4, 0.5) is 0 Å². The highest BCUT2D eigenvalue weighted by Gasteiger charge is 2.31. The Bertz CT molecular complexity index is 874. The number of carbonyl (C=O) groups excluding carboxylic acids is 1. The van der Waals surface area contributed by atoms with Crippen LogP contribution in [0.3, 0.4) is 0 Å². The van der Waals surface area contributed by atoms with Gasteiger partial charge in [-0.15, -0.1) is 0 Å². The molecule has 1 saturated heterocycles. The molecule has 0 saturated carbocycles. The Balaban J connectivity index is 1.67. The summed E-state index contributed by atoms with van der Waals surface area (Å²) in [6.45, 7) is 0.401. The fourth-order valence-electron chi connectivity index (χ4n) is 2.75. The lowest BCUT2D eigenvalue weighted by atomic mass is 10.1.